The van der Waals surface area contributed by atoms with E-state index in [9.17, 15) is 24.3 Å². The molecule has 3 heterocycles. The summed E-state index contributed by atoms with van der Waals surface area (Å²) in [7, 11) is 5.74. The molecule has 2 bridgehead atoms. The molecule has 1 aliphatic carbocycles. The van der Waals surface area contributed by atoms with Gasteiger partial charge in [-0.25, -0.2) is 0 Å². The lowest BCUT2D eigenvalue weighted by Crippen LogP contribution is -2.67. The van der Waals surface area contributed by atoms with E-state index in [1.54, 1.807) is 20.0 Å². The van der Waals surface area contributed by atoms with E-state index >= 15 is 0 Å². The summed E-state index contributed by atoms with van der Waals surface area (Å²) >= 11 is 0. The Labute approximate surface area is 231 Å². The van der Waals surface area contributed by atoms with Crippen LogP contribution >= 0.6 is 0 Å². The highest BCUT2D eigenvalue weighted by molar-refractivity contribution is 6.39. The zero-order valence-electron chi connectivity index (χ0n) is 23.5. The van der Waals surface area contributed by atoms with E-state index in [-0.39, 0.29) is 52.0 Å². The lowest BCUT2D eigenvalue weighted by molar-refractivity contribution is -0.160. The van der Waals surface area contributed by atoms with Crippen LogP contribution in [0.1, 0.15) is 49.6 Å². The summed E-state index contributed by atoms with van der Waals surface area (Å²) in [5.74, 6) is -2.31. The Morgan fingerprint density at radius 3 is 2.23 bits per heavy atom. The molecule has 0 spiro atoms. The Kier molecular flexibility index (Phi) is 6.83. The highest BCUT2D eigenvalue weighted by Crippen LogP contribution is 2.54. The number of unbranched alkanes of at least 4 members (excludes halogenated alkanes) is 1. The summed E-state index contributed by atoms with van der Waals surface area (Å²) in [6.07, 6.45) is 1.98. The van der Waals surface area contributed by atoms with Crippen LogP contribution in [0.3, 0.4) is 0 Å². The van der Waals surface area contributed by atoms with Crippen molar-refractivity contribution >= 4 is 29.3 Å². The monoisotopic (exact) mass is 552 g/mol. The highest BCUT2D eigenvalue weighted by atomic mass is 16.5. The van der Waals surface area contributed by atoms with Crippen LogP contribution in [-0.2, 0) is 28.7 Å². The van der Waals surface area contributed by atoms with Gasteiger partial charge < -0.3 is 24.1 Å². The molecule has 5 rings (SSSR count). The smallest absolute Gasteiger partial charge is 0.254 e. The Morgan fingerprint density at radius 2 is 1.62 bits per heavy atom. The normalized spacial score (nSPS) is 24.1. The minimum absolute atomic E-state index is 0.0142. The maximum Gasteiger partial charge on any atom is 0.254 e. The van der Waals surface area contributed by atoms with E-state index in [1.807, 2.05) is 6.92 Å². The lowest BCUT2D eigenvalue weighted by atomic mass is 9.73. The average molecular weight is 553 g/mol. The number of Topliss-reactive ketones (excluding diaryl/α,β-unsaturated/α-hetero) is 3. The third-order valence-corrected chi connectivity index (χ3v) is 8.09. The molecule has 3 aliphatic heterocycles. The molecule has 0 saturated carbocycles. The van der Waals surface area contributed by atoms with Gasteiger partial charge in [-0.2, -0.15) is 0 Å². The van der Waals surface area contributed by atoms with E-state index < -0.39 is 41.6 Å². The van der Waals surface area contributed by atoms with Crippen LogP contribution in [0, 0.1) is 6.92 Å². The van der Waals surface area contributed by atoms with Crippen molar-refractivity contribution in [3.63, 3.8) is 0 Å². The molecular formula is C29H32N2O9. The van der Waals surface area contributed by atoms with Crippen molar-refractivity contribution in [3.05, 3.63) is 44.9 Å². The molecule has 3 atom stereocenters. The first-order chi connectivity index (χ1) is 19.1. The summed E-state index contributed by atoms with van der Waals surface area (Å²) in [4.78, 5) is 57.8. The van der Waals surface area contributed by atoms with Crippen molar-refractivity contribution in [2.24, 2.45) is 0 Å². The molecule has 11 heteroatoms. The largest absolute Gasteiger partial charge is 0.507 e. The zero-order chi connectivity index (χ0) is 29.2. The standard InChI is InChI=1S/C29H32N2O9/c1-8-9-10-40-29-16-14(21(32)12(2)26(38-6)27(16)39-7)11-15-19-17-18(22(33)13(3)25(37-5)24(17)35)23(34)20(30(19)4)28(36)31(15)29/h11,19-20,29,32H,8-10H2,1-7H3/t19-,20+,29-/m0/s1. The van der Waals surface area contributed by atoms with Gasteiger partial charge in [0.1, 0.15) is 5.75 Å². The van der Waals surface area contributed by atoms with Crippen molar-refractivity contribution < 1.29 is 43.2 Å². The number of hydrogen-bond donors (Lipinski definition) is 1. The minimum Gasteiger partial charge on any atom is -0.507 e. The minimum atomic E-state index is -1.36. The fraction of sp³-hybridized carbons (Fsp3) is 0.448. The molecule has 4 aliphatic rings. The van der Waals surface area contributed by atoms with Crippen molar-refractivity contribution in [2.75, 3.05) is 35.0 Å². The van der Waals surface area contributed by atoms with Gasteiger partial charge in [0.2, 0.25) is 5.78 Å². The van der Waals surface area contributed by atoms with Crippen LogP contribution in [0.2, 0.25) is 0 Å². The van der Waals surface area contributed by atoms with Crippen LogP contribution in [0.5, 0.6) is 17.2 Å². The fourth-order valence-electron chi connectivity index (χ4n) is 6.14. The average Bonchev–Trinajstić information content (AvgIpc) is 2.92. The van der Waals surface area contributed by atoms with Crippen molar-refractivity contribution in [3.8, 4) is 17.2 Å². The Balaban J connectivity index is 1.83. The maximum absolute atomic E-state index is 14.2. The van der Waals surface area contributed by atoms with E-state index in [2.05, 4.69) is 0 Å². The van der Waals surface area contributed by atoms with Gasteiger partial charge in [0.05, 0.1) is 38.5 Å². The van der Waals surface area contributed by atoms with Gasteiger partial charge in [0, 0.05) is 34.6 Å². The topological polar surface area (TPSA) is 132 Å². The third kappa shape index (κ3) is 3.50. The van der Waals surface area contributed by atoms with E-state index in [0.717, 1.165) is 6.42 Å². The number of rotatable bonds is 7. The number of carbonyl (C=O) groups excluding carboxylic acids is 4. The second-order valence-corrected chi connectivity index (χ2v) is 10.2. The van der Waals surface area contributed by atoms with Crippen LogP contribution in [0.4, 0.5) is 0 Å². The molecule has 1 fully saturated rings. The number of benzene rings is 1. The molecule has 11 nitrogen and oxygen atoms in total. The molecule has 212 valence electrons. The van der Waals surface area contributed by atoms with Crippen molar-refractivity contribution in [1.29, 1.82) is 0 Å². The molecule has 1 amide bonds. The second kappa shape index (κ2) is 9.90. The summed E-state index contributed by atoms with van der Waals surface area (Å²) in [6.45, 7) is 5.35. The quantitative estimate of drug-likeness (QED) is 0.233. The van der Waals surface area contributed by atoms with Crippen LogP contribution in [0.25, 0.3) is 6.08 Å². The fourth-order valence-corrected chi connectivity index (χ4v) is 6.14. The molecule has 1 aromatic carbocycles. The highest BCUT2D eigenvalue weighted by Gasteiger charge is 2.59. The SMILES string of the molecule is CCCCO[C@H]1c2c(c(O)c(C)c(OC)c2OC)C=C2[C@H]3C4=C(C(=O)C(C)=C(OC)C4=O)C(=O)[C@H](C(=O)N21)N3C. The number of aromatic hydroxyl groups is 1. The van der Waals surface area contributed by atoms with E-state index in [1.165, 1.54) is 38.1 Å². The first kappa shape index (κ1) is 27.6. The number of ketones is 3. The summed E-state index contributed by atoms with van der Waals surface area (Å²) in [5, 5.41) is 11.3. The van der Waals surface area contributed by atoms with Gasteiger partial charge >= 0.3 is 0 Å². The third-order valence-electron chi connectivity index (χ3n) is 8.09. The Morgan fingerprint density at radius 1 is 0.950 bits per heavy atom. The van der Waals surface area contributed by atoms with Gasteiger partial charge in [-0.1, -0.05) is 13.3 Å². The maximum atomic E-state index is 14.2. The summed E-state index contributed by atoms with van der Waals surface area (Å²) in [5.41, 5.74) is 1.04. The molecule has 0 radical (unpaired) electrons. The molecular weight excluding hydrogens is 520 g/mol. The van der Waals surface area contributed by atoms with Crippen molar-refractivity contribution in [2.45, 2.75) is 51.9 Å². The molecule has 1 aromatic rings. The number of ether oxygens (including phenoxy) is 4. The second-order valence-electron chi connectivity index (χ2n) is 10.2. The van der Waals surface area contributed by atoms with Crippen LogP contribution < -0.4 is 9.47 Å². The summed E-state index contributed by atoms with van der Waals surface area (Å²) < 4.78 is 22.9. The number of amides is 1. The number of nitrogens with zero attached hydrogens (tertiary/aromatic N) is 2. The van der Waals surface area contributed by atoms with Gasteiger partial charge in [-0.3, -0.25) is 29.0 Å². The number of methoxy groups -OCH3 is 3. The van der Waals surface area contributed by atoms with E-state index in [4.69, 9.17) is 18.9 Å². The number of allylic oxidation sites excluding steroid dienone is 2. The zero-order valence-corrected chi connectivity index (χ0v) is 23.5. The predicted octanol–water partition coefficient (Wildman–Crippen LogP) is 2.35. The molecule has 0 unspecified atom stereocenters. The molecule has 1 saturated heterocycles. The lowest BCUT2D eigenvalue weighted by Gasteiger charge is -2.52. The van der Waals surface area contributed by atoms with Gasteiger partial charge in [-0.15, -0.1) is 0 Å². The molecule has 1 N–H and O–H groups in total. The number of fused-ring (bicyclic) bond motifs is 6. The number of hydrogen-bond acceptors (Lipinski definition) is 10. The predicted molar refractivity (Wildman–Crippen MR) is 141 cm³/mol. The van der Waals surface area contributed by atoms with Gasteiger partial charge in [-0.05, 0) is 33.4 Å². The van der Waals surface area contributed by atoms with Crippen molar-refractivity contribution in [1.82, 2.24) is 9.80 Å². The Hall–Kier alpha value is -3.96. The van der Waals surface area contributed by atoms with Crippen LogP contribution in [0.15, 0.2) is 28.2 Å². The molecule has 0 aromatic heterocycles. The number of piperazine rings is 1. The van der Waals surface area contributed by atoms with Gasteiger partial charge in [0.15, 0.2) is 41.1 Å². The molecule has 40 heavy (non-hydrogen) atoms. The number of likely N-dealkylation sites (N-methyl/N-ethyl adjacent to an activating group) is 1. The number of phenols is 1. The first-order valence-corrected chi connectivity index (χ1v) is 13.0. The number of phenolic OH excluding ortho intramolecular Hbond substituents is 1. The first-order valence-electron chi connectivity index (χ1n) is 13.0. The summed E-state index contributed by atoms with van der Waals surface area (Å²) in [6, 6.07) is -2.33. The number of carbonyl (C=O) groups is 4. The Bertz CT molecular complexity index is 1470. The van der Waals surface area contributed by atoms with Gasteiger partial charge in [0.25, 0.3) is 5.91 Å². The van der Waals surface area contributed by atoms with Crippen LogP contribution in [-0.4, -0.2) is 85.2 Å². The van der Waals surface area contributed by atoms with E-state index in [0.29, 0.717) is 23.1 Å².